The molecule has 2 atom stereocenters. The summed E-state index contributed by atoms with van der Waals surface area (Å²) in [6, 6.07) is 0. The van der Waals surface area contributed by atoms with E-state index >= 15 is 0 Å². The zero-order valence-corrected chi connectivity index (χ0v) is 9.72. The summed E-state index contributed by atoms with van der Waals surface area (Å²) in [6.45, 7) is 7.14. The Balaban J connectivity index is 2.10. The molecule has 1 saturated carbocycles. The molecule has 0 saturated heterocycles. The van der Waals surface area contributed by atoms with Crippen LogP contribution in [0.2, 0.25) is 0 Å². The van der Waals surface area contributed by atoms with E-state index in [4.69, 9.17) is 0 Å². The van der Waals surface area contributed by atoms with Crippen LogP contribution in [0.1, 0.15) is 46.5 Å². The zero-order chi connectivity index (χ0) is 10.2. The molecule has 0 spiro atoms. The van der Waals surface area contributed by atoms with E-state index in [1.165, 1.54) is 25.7 Å². The first-order valence-corrected chi connectivity index (χ1v) is 5.94. The van der Waals surface area contributed by atoms with E-state index in [2.05, 4.69) is 39.0 Å². The maximum Gasteiger partial charge on any atom is -0.0143 e. The number of hydrogen-bond donors (Lipinski definition) is 0. The van der Waals surface area contributed by atoms with Gasteiger partial charge in [0.25, 0.3) is 0 Å². The molecule has 0 nitrogen and oxygen atoms in total. The highest BCUT2D eigenvalue weighted by Gasteiger charge is 2.55. The van der Waals surface area contributed by atoms with Crippen LogP contribution in [0.25, 0.3) is 0 Å². The van der Waals surface area contributed by atoms with Crippen LogP contribution in [-0.4, -0.2) is 0 Å². The Bertz CT molecular complexity index is 268. The van der Waals surface area contributed by atoms with Crippen molar-refractivity contribution >= 4 is 0 Å². The molecule has 2 aliphatic rings. The Hall–Kier alpha value is -0.520. The van der Waals surface area contributed by atoms with Gasteiger partial charge in [0.05, 0.1) is 0 Å². The van der Waals surface area contributed by atoms with Crippen LogP contribution in [0.3, 0.4) is 0 Å². The van der Waals surface area contributed by atoms with Crippen molar-refractivity contribution in [3.8, 4) is 0 Å². The minimum absolute atomic E-state index is 0.583. The average Bonchev–Trinajstić information content (AvgIpc) is 2.63. The van der Waals surface area contributed by atoms with E-state index in [0.29, 0.717) is 5.41 Å². The van der Waals surface area contributed by atoms with Crippen molar-refractivity contribution < 1.29 is 0 Å². The fourth-order valence-electron chi connectivity index (χ4n) is 2.88. The maximum atomic E-state index is 2.55. The second-order valence-corrected chi connectivity index (χ2v) is 5.55. The number of hydrogen-bond acceptors (Lipinski definition) is 0. The lowest BCUT2D eigenvalue weighted by Crippen LogP contribution is -1.89. The summed E-state index contributed by atoms with van der Waals surface area (Å²) >= 11 is 0. The molecule has 0 heterocycles. The molecule has 0 unspecified atom stereocenters. The summed E-state index contributed by atoms with van der Waals surface area (Å²) in [5, 5.41) is 0. The van der Waals surface area contributed by atoms with Crippen molar-refractivity contribution in [1.29, 1.82) is 0 Å². The summed E-state index contributed by atoms with van der Waals surface area (Å²) in [4.78, 5) is 0. The molecular formula is C14H22. The first kappa shape index (κ1) is 10.0. The molecule has 0 radical (unpaired) electrons. The summed E-state index contributed by atoms with van der Waals surface area (Å²) < 4.78 is 0. The van der Waals surface area contributed by atoms with Crippen LogP contribution < -0.4 is 0 Å². The predicted octanol–water partition coefficient (Wildman–Crippen LogP) is 4.34. The van der Waals surface area contributed by atoms with Crippen LogP contribution in [0.5, 0.6) is 0 Å². The van der Waals surface area contributed by atoms with Crippen LogP contribution in [0.4, 0.5) is 0 Å². The molecule has 14 heavy (non-hydrogen) atoms. The van der Waals surface area contributed by atoms with Crippen molar-refractivity contribution in [3.05, 3.63) is 23.8 Å². The van der Waals surface area contributed by atoms with Crippen molar-refractivity contribution in [2.24, 2.45) is 17.3 Å². The maximum absolute atomic E-state index is 2.55. The minimum atomic E-state index is 0.583. The molecule has 0 amide bonds. The number of allylic oxidation sites excluding steroid dienone is 4. The van der Waals surface area contributed by atoms with E-state index in [0.717, 1.165) is 11.8 Å². The predicted molar refractivity (Wildman–Crippen MR) is 62.1 cm³/mol. The van der Waals surface area contributed by atoms with Crippen LogP contribution in [0, 0.1) is 17.3 Å². The third kappa shape index (κ3) is 1.80. The second kappa shape index (κ2) is 3.56. The lowest BCUT2D eigenvalue weighted by molar-refractivity contribution is 0.532. The molecule has 0 aromatic carbocycles. The van der Waals surface area contributed by atoms with Crippen LogP contribution >= 0.6 is 0 Å². The fourth-order valence-corrected chi connectivity index (χ4v) is 2.88. The highest BCUT2D eigenvalue weighted by molar-refractivity contribution is 5.18. The van der Waals surface area contributed by atoms with Gasteiger partial charge in [0.2, 0.25) is 0 Å². The van der Waals surface area contributed by atoms with Gasteiger partial charge in [-0.15, -0.1) is 0 Å². The van der Waals surface area contributed by atoms with Crippen molar-refractivity contribution in [1.82, 2.24) is 0 Å². The van der Waals surface area contributed by atoms with Gasteiger partial charge < -0.3 is 0 Å². The van der Waals surface area contributed by atoms with Gasteiger partial charge in [-0.1, -0.05) is 37.6 Å². The molecule has 0 aromatic rings. The first-order valence-electron chi connectivity index (χ1n) is 5.94. The van der Waals surface area contributed by atoms with Gasteiger partial charge in [0.15, 0.2) is 0 Å². The zero-order valence-electron chi connectivity index (χ0n) is 9.72. The third-order valence-electron chi connectivity index (χ3n) is 4.12. The van der Waals surface area contributed by atoms with E-state index in [1.807, 2.05) is 0 Å². The van der Waals surface area contributed by atoms with E-state index in [9.17, 15) is 0 Å². The van der Waals surface area contributed by atoms with Gasteiger partial charge in [-0.3, -0.25) is 0 Å². The summed E-state index contributed by atoms with van der Waals surface area (Å²) in [5.41, 5.74) is 2.18. The monoisotopic (exact) mass is 190 g/mol. The van der Waals surface area contributed by atoms with Gasteiger partial charge in [-0.25, -0.2) is 0 Å². The van der Waals surface area contributed by atoms with Crippen molar-refractivity contribution in [3.63, 3.8) is 0 Å². The highest BCUT2D eigenvalue weighted by atomic mass is 14.6. The molecule has 0 aromatic heterocycles. The molecule has 78 valence electrons. The Morgan fingerprint density at radius 3 is 2.71 bits per heavy atom. The molecule has 0 bridgehead atoms. The standard InChI is InChI=1S/C14H22/c1-11-8-6-4-5-7-9-12-13(10-11)14(12,2)3/h4-5,10,12-13H,6-9H2,1-3H3/t12-,13+/m1/s1. The molecule has 0 aliphatic heterocycles. The molecule has 2 rings (SSSR count). The molecule has 0 N–H and O–H groups in total. The Morgan fingerprint density at radius 1 is 1.21 bits per heavy atom. The van der Waals surface area contributed by atoms with E-state index in [1.54, 1.807) is 5.57 Å². The smallest absolute Gasteiger partial charge is 0.0143 e. The second-order valence-electron chi connectivity index (χ2n) is 5.55. The highest BCUT2D eigenvalue weighted by Crippen LogP contribution is 2.61. The van der Waals surface area contributed by atoms with E-state index in [-0.39, 0.29) is 0 Å². The fraction of sp³-hybridized carbons (Fsp3) is 0.714. The van der Waals surface area contributed by atoms with Crippen LogP contribution in [-0.2, 0) is 0 Å². The normalized spacial score (nSPS) is 35.8. The first-order chi connectivity index (χ1) is 6.62. The van der Waals surface area contributed by atoms with Crippen LogP contribution in [0.15, 0.2) is 23.8 Å². The molecule has 0 heteroatoms. The quantitative estimate of drug-likeness (QED) is 0.499. The number of rotatable bonds is 0. The summed E-state index contributed by atoms with van der Waals surface area (Å²) in [6.07, 6.45) is 12.5. The minimum Gasteiger partial charge on any atom is -0.0885 e. The largest absolute Gasteiger partial charge is 0.0885 e. The summed E-state index contributed by atoms with van der Waals surface area (Å²) in [5.74, 6) is 1.81. The molecule has 1 fully saturated rings. The SMILES string of the molecule is CC1=C[C@H]2[C@@H](CCC=CCC1)C2(C)C. The van der Waals surface area contributed by atoms with Gasteiger partial charge >= 0.3 is 0 Å². The summed E-state index contributed by atoms with van der Waals surface area (Å²) in [7, 11) is 0. The van der Waals surface area contributed by atoms with Crippen molar-refractivity contribution in [2.45, 2.75) is 46.5 Å². The Morgan fingerprint density at radius 2 is 1.93 bits per heavy atom. The molecule has 2 aliphatic carbocycles. The van der Waals surface area contributed by atoms with Gasteiger partial charge in [-0.2, -0.15) is 0 Å². The van der Waals surface area contributed by atoms with Gasteiger partial charge in [0.1, 0.15) is 0 Å². The van der Waals surface area contributed by atoms with Crippen molar-refractivity contribution in [2.75, 3.05) is 0 Å². The third-order valence-corrected chi connectivity index (χ3v) is 4.12. The average molecular weight is 190 g/mol. The lowest BCUT2D eigenvalue weighted by Gasteiger charge is -2.01. The number of fused-ring (bicyclic) bond motifs is 1. The van der Waals surface area contributed by atoms with Gasteiger partial charge in [0, 0.05) is 0 Å². The van der Waals surface area contributed by atoms with Gasteiger partial charge in [-0.05, 0) is 49.9 Å². The lowest BCUT2D eigenvalue weighted by atomic mass is 10.1. The van der Waals surface area contributed by atoms with E-state index < -0.39 is 0 Å². The topological polar surface area (TPSA) is 0 Å². The Labute approximate surface area is 88.1 Å². The Kier molecular flexibility index (Phi) is 2.55. The molecular weight excluding hydrogens is 168 g/mol.